The van der Waals surface area contributed by atoms with Crippen molar-refractivity contribution < 1.29 is 19.8 Å². The van der Waals surface area contributed by atoms with Gasteiger partial charge in [-0.3, -0.25) is 4.79 Å². The zero-order valence-corrected chi connectivity index (χ0v) is 10.5. The summed E-state index contributed by atoms with van der Waals surface area (Å²) in [6, 6.07) is -0.618. The summed E-state index contributed by atoms with van der Waals surface area (Å²) in [6.45, 7) is 0.746. The second kappa shape index (κ2) is 8.05. The van der Waals surface area contributed by atoms with Crippen LogP contribution in [0.4, 0.5) is 0 Å². The number of nitrogens with one attached hydrogen (secondary N) is 2. The maximum absolute atomic E-state index is 11.6. The maximum Gasteiger partial charge on any atom is 0.326 e. The van der Waals surface area contributed by atoms with Crippen LogP contribution in [0.1, 0.15) is 38.5 Å². The molecule has 2 atom stereocenters. The number of carboxylic acids is 1. The first kappa shape index (κ1) is 14.9. The van der Waals surface area contributed by atoms with Gasteiger partial charge in [0.05, 0.1) is 0 Å². The number of piperidine rings is 1. The number of carbonyl (C=O) groups excluding carboxylic acids is 1. The van der Waals surface area contributed by atoms with Gasteiger partial charge >= 0.3 is 5.97 Å². The number of aliphatic carboxylic acids is 1. The van der Waals surface area contributed by atoms with Crippen molar-refractivity contribution in [2.45, 2.75) is 50.6 Å². The van der Waals surface area contributed by atoms with E-state index in [2.05, 4.69) is 10.6 Å². The summed E-state index contributed by atoms with van der Waals surface area (Å²) in [4.78, 5) is 22.4. The highest BCUT2D eigenvalue weighted by molar-refractivity contribution is 5.83. The van der Waals surface area contributed by atoms with Gasteiger partial charge in [-0.2, -0.15) is 0 Å². The molecule has 4 N–H and O–H groups in total. The molecule has 18 heavy (non-hydrogen) atoms. The van der Waals surface area contributed by atoms with Gasteiger partial charge in [0.2, 0.25) is 5.91 Å². The van der Waals surface area contributed by atoms with Crippen LogP contribution in [0.2, 0.25) is 0 Å². The molecule has 0 bridgehead atoms. The van der Waals surface area contributed by atoms with Crippen molar-refractivity contribution in [3.05, 3.63) is 0 Å². The first-order valence-corrected chi connectivity index (χ1v) is 6.50. The Balaban J connectivity index is 2.24. The predicted octanol–water partition coefficient (Wildman–Crippen LogP) is -0.139. The molecule has 0 aromatic carbocycles. The second-order valence-corrected chi connectivity index (χ2v) is 4.66. The zero-order valence-electron chi connectivity index (χ0n) is 10.5. The quantitative estimate of drug-likeness (QED) is 0.509. The van der Waals surface area contributed by atoms with E-state index in [-0.39, 0.29) is 18.9 Å². The maximum atomic E-state index is 11.6. The molecular weight excluding hydrogens is 236 g/mol. The van der Waals surface area contributed by atoms with Crippen LogP contribution in [-0.2, 0) is 9.59 Å². The van der Waals surface area contributed by atoms with Crippen LogP contribution in [0.3, 0.4) is 0 Å². The van der Waals surface area contributed by atoms with Crippen LogP contribution >= 0.6 is 0 Å². The predicted molar refractivity (Wildman–Crippen MR) is 66.1 cm³/mol. The molecule has 1 heterocycles. The number of hydrogen-bond donors (Lipinski definition) is 4. The minimum Gasteiger partial charge on any atom is -0.480 e. The molecule has 0 saturated carbocycles. The summed E-state index contributed by atoms with van der Waals surface area (Å²) < 4.78 is 0. The van der Waals surface area contributed by atoms with E-state index >= 15 is 0 Å². The monoisotopic (exact) mass is 258 g/mol. The molecule has 1 amide bonds. The standard InChI is InChI=1S/C12H22N2O4/c15-8-6-10(12(17)18)14-11(16)5-4-9-3-1-2-7-13-9/h9-10,13,15H,1-8H2,(H,14,16)(H,17,18)/t9?,10-/m0/s1. The lowest BCUT2D eigenvalue weighted by atomic mass is 10.0. The molecule has 6 nitrogen and oxygen atoms in total. The number of amides is 1. The number of aliphatic hydroxyl groups excluding tert-OH is 1. The van der Waals surface area contributed by atoms with Gasteiger partial charge in [-0.25, -0.2) is 4.79 Å². The van der Waals surface area contributed by atoms with Crippen molar-refractivity contribution in [3.63, 3.8) is 0 Å². The summed E-state index contributed by atoms with van der Waals surface area (Å²) >= 11 is 0. The highest BCUT2D eigenvalue weighted by atomic mass is 16.4. The highest BCUT2D eigenvalue weighted by Crippen LogP contribution is 2.11. The first-order valence-electron chi connectivity index (χ1n) is 6.50. The third-order valence-corrected chi connectivity index (χ3v) is 3.18. The van der Waals surface area contributed by atoms with Crippen LogP contribution < -0.4 is 10.6 Å². The fourth-order valence-corrected chi connectivity index (χ4v) is 2.13. The van der Waals surface area contributed by atoms with Gasteiger partial charge < -0.3 is 20.8 Å². The molecule has 1 aliphatic heterocycles. The summed E-state index contributed by atoms with van der Waals surface area (Å²) in [5.41, 5.74) is 0. The Kier molecular flexibility index (Phi) is 6.67. The van der Waals surface area contributed by atoms with Gasteiger partial charge in [0.25, 0.3) is 0 Å². The van der Waals surface area contributed by atoms with Crippen molar-refractivity contribution >= 4 is 11.9 Å². The molecule has 1 saturated heterocycles. The lowest BCUT2D eigenvalue weighted by molar-refractivity contribution is -0.142. The van der Waals surface area contributed by atoms with Gasteiger partial charge in [-0.05, 0) is 25.8 Å². The van der Waals surface area contributed by atoms with Crippen molar-refractivity contribution in [2.75, 3.05) is 13.2 Å². The average Bonchev–Trinajstić information content (AvgIpc) is 2.37. The number of aliphatic hydroxyl groups is 1. The number of rotatable bonds is 7. The van der Waals surface area contributed by atoms with Crippen molar-refractivity contribution in [3.8, 4) is 0 Å². The fraction of sp³-hybridized carbons (Fsp3) is 0.833. The molecule has 104 valence electrons. The smallest absolute Gasteiger partial charge is 0.326 e. The van der Waals surface area contributed by atoms with E-state index in [9.17, 15) is 9.59 Å². The van der Waals surface area contributed by atoms with E-state index in [1.165, 1.54) is 12.8 Å². The van der Waals surface area contributed by atoms with E-state index in [1.54, 1.807) is 0 Å². The molecule has 1 aliphatic rings. The van der Waals surface area contributed by atoms with Crippen LogP contribution in [0, 0.1) is 0 Å². The Labute approximate surface area is 107 Å². The Morgan fingerprint density at radius 1 is 1.39 bits per heavy atom. The Morgan fingerprint density at radius 2 is 2.17 bits per heavy atom. The van der Waals surface area contributed by atoms with Crippen LogP contribution in [0.5, 0.6) is 0 Å². The molecule has 1 fully saturated rings. The molecule has 0 spiro atoms. The molecule has 0 aromatic rings. The van der Waals surface area contributed by atoms with Crippen LogP contribution in [-0.4, -0.2) is 47.3 Å². The Hall–Kier alpha value is -1.14. The van der Waals surface area contributed by atoms with Crippen molar-refractivity contribution in [1.29, 1.82) is 0 Å². The lowest BCUT2D eigenvalue weighted by Crippen LogP contribution is -2.42. The molecule has 1 unspecified atom stereocenters. The number of carbonyl (C=O) groups is 2. The van der Waals surface area contributed by atoms with Gasteiger partial charge in [-0.15, -0.1) is 0 Å². The summed E-state index contributed by atoms with van der Waals surface area (Å²) in [6.07, 6.45) is 4.54. The SMILES string of the molecule is O=C(CCC1CCCCN1)N[C@@H](CCO)C(=O)O. The average molecular weight is 258 g/mol. The Morgan fingerprint density at radius 3 is 2.72 bits per heavy atom. The van der Waals surface area contributed by atoms with E-state index in [1.807, 2.05) is 0 Å². The second-order valence-electron chi connectivity index (χ2n) is 4.66. The van der Waals surface area contributed by atoms with Gasteiger partial charge in [-0.1, -0.05) is 6.42 Å². The van der Waals surface area contributed by atoms with E-state index < -0.39 is 12.0 Å². The number of hydrogen-bond acceptors (Lipinski definition) is 4. The highest BCUT2D eigenvalue weighted by Gasteiger charge is 2.20. The third kappa shape index (κ3) is 5.46. The number of carboxylic acid groups (broad SMARTS) is 1. The minimum atomic E-state index is -1.10. The molecule has 0 aliphatic carbocycles. The largest absolute Gasteiger partial charge is 0.480 e. The fourth-order valence-electron chi connectivity index (χ4n) is 2.13. The van der Waals surface area contributed by atoms with Gasteiger partial charge in [0, 0.05) is 25.5 Å². The minimum absolute atomic E-state index is 0.0444. The van der Waals surface area contributed by atoms with Crippen molar-refractivity contribution in [1.82, 2.24) is 10.6 Å². The normalized spacial score (nSPS) is 21.3. The lowest BCUT2D eigenvalue weighted by Gasteiger charge is -2.23. The summed E-state index contributed by atoms with van der Waals surface area (Å²) in [5.74, 6) is -1.36. The van der Waals surface area contributed by atoms with Gasteiger partial charge in [0.1, 0.15) is 6.04 Å². The van der Waals surface area contributed by atoms with Crippen LogP contribution in [0.15, 0.2) is 0 Å². The van der Waals surface area contributed by atoms with Crippen molar-refractivity contribution in [2.24, 2.45) is 0 Å². The molecule has 6 heteroatoms. The van der Waals surface area contributed by atoms with Crippen LogP contribution in [0.25, 0.3) is 0 Å². The molecule has 0 radical (unpaired) electrons. The van der Waals surface area contributed by atoms with E-state index in [0.717, 1.165) is 19.4 Å². The summed E-state index contributed by atoms with van der Waals surface area (Å²) in [5, 5.41) is 23.3. The molecule has 1 rings (SSSR count). The topological polar surface area (TPSA) is 98.7 Å². The van der Waals surface area contributed by atoms with E-state index in [4.69, 9.17) is 10.2 Å². The molecular formula is C12H22N2O4. The zero-order chi connectivity index (χ0) is 13.4. The first-order chi connectivity index (χ1) is 8.63. The summed E-state index contributed by atoms with van der Waals surface area (Å²) in [7, 11) is 0. The third-order valence-electron chi connectivity index (χ3n) is 3.18. The van der Waals surface area contributed by atoms with Gasteiger partial charge in [0.15, 0.2) is 0 Å². The van der Waals surface area contributed by atoms with E-state index in [0.29, 0.717) is 12.5 Å². The Bertz CT molecular complexity index is 277. The molecule has 0 aromatic heterocycles.